The largest absolute Gasteiger partial charge is 0.469 e. The van der Waals surface area contributed by atoms with Crippen molar-refractivity contribution < 1.29 is 9.15 Å². The Kier molecular flexibility index (Phi) is 12.6. The minimum atomic E-state index is 0. The van der Waals surface area contributed by atoms with Crippen LogP contribution >= 0.6 is 24.0 Å². The Hall–Kier alpha value is -1.55. The fraction of sp³-hybridized carbons (Fsp3) is 0.556. The summed E-state index contributed by atoms with van der Waals surface area (Å²) in [5, 5.41) is 10.9. The normalized spacial score (nSPS) is 11.2. The van der Waals surface area contributed by atoms with Gasteiger partial charge in [-0.05, 0) is 38.0 Å². The van der Waals surface area contributed by atoms with Crippen molar-refractivity contribution in [1.82, 2.24) is 20.4 Å². The lowest BCUT2D eigenvalue weighted by Crippen LogP contribution is -2.39. The monoisotopic (exact) mass is 475 g/mol. The van der Waals surface area contributed by atoms with Gasteiger partial charge in [-0.1, -0.05) is 0 Å². The zero-order valence-electron chi connectivity index (χ0n) is 15.4. The van der Waals surface area contributed by atoms with Crippen LogP contribution in [0.3, 0.4) is 0 Å². The highest BCUT2D eigenvalue weighted by atomic mass is 127. The molecule has 26 heavy (non-hydrogen) atoms. The topological polar surface area (TPSA) is 76.6 Å². The third kappa shape index (κ3) is 9.81. The number of aryl methyl sites for hydroxylation is 1. The van der Waals surface area contributed by atoms with Gasteiger partial charge in [0.25, 0.3) is 0 Å². The molecule has 0 radical (unpaired) electrons. The van der Waals surface area contributed by atoms with Crippen LogP contribution in [0.25, 0.3) is 0 Å². The molecule has 2 heterocycles. The molecular formula is C18H30IN5O2. The van der Waals surface area contributed by atoms with E-state index in [0.29, 0.717) is 0 Å². The zero-order valence-corrected chi connectivity index (χ0v) is 17.7. The Labute approximate surface area is 172 Å². The first-order valence-electron chi connectivity index (χ1n) is 8.98. The first-order chi connectivity index (χ1) is 12.4. The molecule has 0 fully saturated rings. The number of nitrogens with zero attached hydrogens (tertiary/aromatic N) is 3. The summed E-state index contributed by atoms with van der Waals surface area (Å²) in [6.07, 6.45) is 8.21. The number of aliphatic imine (C=N–C) groups is 1. The summed E-state index contributed by atoms with van der Waals surface area (Å²) in [4.78, 5) is 4.64. The molecule has 0 amide bonds. The molecule has 8 heteroatoms. The van der Waals surface area contributed by atoms with Crippen molar-refractivity contribution in [3.8, 4) is 0 Å². The van der Waals surface area contributed by atoms with Crippen LogP contribution in [-0.2, 0) is 17.7 Å². The van der Waals surface area contributed by atoms with Crippen molar-refractivity contribution in [2.45, 2.75) is 32.7 Å². The molecule has 2 N–H and O–H groups in total. The Morgan fingerprint density at radius 2 is 2.15 bits per heavy atom. The minimum Gasteiger partial charge on any atom is -0.469 e. The van der Waals surface area contributed by atoms with Crippen LogP contribution in [0.5, 0.6) is 0 Å². The number of halogens is 1. The second-order valence-electron chi connectivity index (χ2n) is 5.59. The maximum atomic E-state index is 5.36. The molecule has 2 aromatic heterocycles. The van der Waals surface area contributed by atoms with Crippen molar-refractivity contribution in [2.75, 3.05) is 32.8 Å². The second kappa shape index (κ2) is 14.6. The van der Waals surface area contributed by atoms with E-state index in [1.165, 1.54) is 0 Å². The van der Waals surface area contributed by atoms with E-state index in [2.05, 4.69) is 20.7 Å². The van der Waals surface area contributed by atoms with Gasteiger partial charge in [-0.3, -0.25) is 9.67 Å². The summed E-state index contributed by atoms with van der Waals surface area (Å²) in [6, 6.07) is 5.83. The van der Waals surface area contributed by atoms with Crippen LogP contribution in [0.4, 0.5) is 0 Å². The van der Waals surface area contributed by atoms with E-state index in [0.717, 1.165) is 70.4 Å². The summed E-state index contributed by atoms with van der Waals surface area (Å²) in [7, 11) is 0. The number of guanidine groups is 1. The smallest absolute Gasteiger partial charge is 0.191 e. The second-order valence-corrected chi connectivity index (χ2v) is 5.59. The SMILES string of the molecule is CCOCCCNC(=NCCCn1cccn1)NCCc1ccco1.I. The van der Waals surface area contributed by atoms with Crippen molar-refractivity contribution >= 4 is 29.9 Å². The molecule has 0 spiro atoms. The molecule has 7 nitrogen and oxygen atoms in total. The molecule has 0 atom stereocenters. The molecule has 2 rings (SSSR count). The summed E-state index contributed by atoms with van der Waals surface area (Å²) in [5.41, 5.74) is 0. The number of ether oxygens (including phenoxy) is 1. The zero-order chi connectivity index (χ0) is 17.6. The molecule has 2 aromatic rings. The fourth-order valence-corrected chi connectivity index (χ4v) is 2.31. The van der Waals surface area contributed by atoms with Gasteiger partial charge < -0.3 is 19.8 Å². The summed E-state index contributed by atoms with van der Waals surface area (Å²) < 4.78 is 12.6. The lowest BCUT2D eigenvalue weighted by molar-refractivity contribution is 0.145. The van der Waals surface area contributed by atoms with Crippen molar-refractivity contribution in [2.24, 2.45) is 4.99 Å². The number of furan rings is 1. The van der Waals surface area contributed by atoms with E-state index in [-0.39, 0.29) is 24.0 Å². The predicted molar refractivity (Wildman–Crippen MR) is 114 cm³/mol. The van der Waals surface area contributed by atoms with E-state index < -0.39 is 0 Å². The van der Waals surface area contributed by atoms with Crippen LogP contribution in [-0.4, -0.2) is 48.6 Å². The molecule has 0 bridgehead atoms. The molecule has 0 aromatic carbocycles. The Bertz CT molecular complexity index is 572. The quantitative estimate of drug-likeness (QED) is 0.214. The van der Waals surface area contributed by atoms with Crippen LogP contribution in [0, 0.1) is 0 Å². The number of hydrogen-bond donors (Lipinski definition) is 2. The van der Waals surface area contributed by atoms with Gasteiger partial charge in [-0.25, -0.2) is 0 Å². The van der Waals surface area contributed by atoms with Crippen LogP contribution < -0.4 is 10.6 Å². The maximum absolute atomic E-state index is 5.36. The molecule has 0 saturated heterocycles. The number of rotatable bonds is 12. The lowest BCUT2D eigenvalue weighted by atomic mass is 10.3. The summed E-state index contributed by atoms with van der Waals surface area (Å²) in [6.45, 7) is 6.78. The summed E-state index contributed by atoms with van der Waals surface area (Å²) in [5.74, 6) is 1.81. The molecule has 0 aliphatic carbocycles. The Balaban J connectivity index is 0.00000338. The van der Waals surface area contributed by atoms with Gasteiger partial charge in [0.15, 0.2) is 5.96 Å². The molecule has 146 valence electrons. The first-order valence-corrected chi connectivity index (χ1v) is 8.98. The van der Waals surface area contributed by atoms with E-state index in [1.807, 2.05) is 36.0 Å². The van der Waals surface area contributed by atoms with Crippen molar-refractivity contribution in [3.63, 3.8) is 0 Å². The third-order valence-corrected chi connectivity index (χ3v) is 3.58. The van der Waals surface area contributed by atoms with Crippen LogP contribution in [0.15, 0.2) is 46.3 Å². The van der Waals surface area contributed by atoms with E-state index in [1.54, 1.807) is 12.5 Å². The molecule has 0 aliphatic heterocycles. The van der Waals surface area contributed by atoms with E-state index in [9.17, 15) is 0 Å². The van der Waals surface area contributed by atoms with Gasteiger partial charge in [-0.15, -0.1) is 24.0 Å². The van der Waals surface area contributed by atoms with Gasteiger partial charge >= 0.3 is 0 Å². The molecule has 0 saturated carbocycles. The third-order valence-electron chi connectivity index (χ3n) is 3.58. The molecule has 0 aliphatic rings. The van der Waals surface area contributed by atoms with Gasteiger partial charge in [0, 0.05) is 58.2 Å². The Morgan fingerprint density at radius 1 is 1.27 bits per heavy atom. The number of hydrogen-bond acceptors (Lipinski definition) is 4. The minimum absolute atomic E-state index is 0. The average molecular weight is 475 g/mol. The first kappa shape index (κ1) is 22.5. The Morgan fingerprint density at radius 3 is 2.88 bits per heavy atom. The van der Waals surface area contributed by atoms with Gasteiger partial charge in [0.2, 0.25) is 0 Å². The van der Waals surface area contributed by atoms with Gasteiger partial charge in [0.05, 0.1) is 6.26 Å². The van der Waals surface area contributed by atoms with Gasteiger partial charge in [0.1, 0.15) is 5.76 Å². The highest BCUT2D eigenvalue weighted by Gasteiger charge is 2.00. The maximum Gasteiger partial charge on any atom is 0.191 e. The average Bonchev–Trinajstić information content (AvgIpc) is 3.31. The van der Waals surface area contributed by atoms with Crippen molar-refractivity contribution in [3.05, 3.63) is 42.6 Å². The van der Waals surface area contributed by atoms with E-state index >= 15 is 0 Å². The highest BCUT2D eigenvalue weighted by molar-refractivity contribution is 14.0. The van der Waals surface area contributed by atoms with E-state index in [4.69, 9.17) is 9.15 Å². The highest BCUT2D eigenvalue weighted by Crippen LogP contribution is 1.99. The molecular weight excluding hydrogens is 445 g/mol. The predicted octanol–water partition coefficient (Wildman–Crippen LogP) is 2.69. The van der Waals surface area contributed by atoms with Crippen LogP contribution in [0.1, 0.15) is 25.5 Å². The molecule has 0 unspecified atom stereocenters. The summed E-state index contributed by atoms with van der Waals surface area (Å²) >= 11 is 0. The fourth-order valence-electron chi connectivity index (χ4n) is 2.31. The number of aromatic nitrogens is 2. The number of nitrogens with one attached hydrogen (secondary N) is 2. The van der Waals surface area contributed by atoms with Crippen LogP contribution in [0.2, 0.25) is 0 Å². The standard InChI is InChI=1S/C18H29N5O2.HI/c1-2-24-15-6-10-20-18(21-12-8-17-7-3-16-25-17)19-9-4-13-23-14-5-11-22-23;/h3,5,7,11,14,16H,2,4,6,8-10,12-13,15H2,1H3,(H2,19,20,21);1H. The van der Waals surface area contributed by atoms with Crippen molar-refractivity contribution in [1.29, 1.82) is 0 Å². The lowest BCUT2D eigenvalue weighted by Gasteiger charge is -2.12. The van der Waals surface area contributed by atoms with Gasteiger partial charge in [-0.2, -0.15) is 5.10 Å².